The first kappa shape index (κ1) is 31.6. The lowest BCUT2D eigenvalue weighted by Gasteiger charge is -2.39. The van der Waals surface area contributed by atoms with E-state index in [0.29, 0.717) is 42.4 Å². The summed E-state index contributed by atoms with van der Waals surface area (Å²) < 4.78 is 50.6. The molecule has 0 saturated carbocycles. The predicted molar refractivity (Wildman–Crippen MR) is 159 cm³/mol. The Bertz CT molecular complexity index is 1550. The number of methoxy groups -OCH3 is 2. The van der Waals surface area contributed by atoms with Gasteiger partial charge >= 0.3 is 0 Å². The maximum Gasteiger partial charge on any atom is 0.258 e. The van der Waals surface area contributed by atoms with Gasteiger partial charge in [0.2, 0.25) is 11.8 Å². The predicted octanol–water partition coefficient (Wildman–Crippen LogP) is 3.33. The van der Waals surface area contributed by atoms with E-state index in [1.807, 2.05) is 6.07 Å². The number of benzene rings is 3. The van der Waals surface area contributed by atoms with E-state index >= 15 is 0 Å². The number of fused-ring (bicyclic) bond motifs is 9. The highest BCUT2D eigenvalue weighted by atomic mass is 19.1. The van der Waals surface area contributed by atoms with Crippen LogP contribution in [0.2, 0.25) is 0 Å². The minimum Gasteiger partial charge on any atom is -0.496 e. The van der Waals surface area contributed by atoms with Crippen LogP contribution in [0.1, 0.15) is 29.5 Å². The van der Waals surface area contributed by atoms with Crippen LogP contribution in [0.25, 0.3) is 0 Å². The van der Waals surface area contributed by atoms with Gasteiger partial charge in [-0.3, -0.25) is 14.4 Å². The van der Waals surface area contributed by atoms with Crippen molar-refractivity contribution in [1.29, 1.82) is 0 Å². The topological polar surface area (TPSA) is 115 Å². The summed E-state index contributed by atoms with van der Waals surface area (Å²) >= 11 is 0. The number of hydrogen-bond donors (Lipinski definition) is 2. The fourth-order valence-electron chi connectivity index (χ4n) is 5.48. The summed E-state index contributed by atoms with van der Waals surface area (Å²) in [5, 5.41) is 5.86. The van der Waals surface area contributed by atoms with Crippen molar-refractivity contribution in [2.24, 2.45) is 0 Å². The summed E-state index contributed by atoms with van der Waals surface area (Å²) in [7, 11) is 3.02. The molecule has 4 bridgehead atoms. The van der Waals surface area contributed by atoms with Crippen molar-refractivity contribution in [3.63, 3.8) is 0 Å². The van der Waals surface area contributed by atoms with E-state index in [4.69, 9.17) is 18.9 Å². The highest BCUT2D eigenvalue weighted by molar-refractivity contribution is 5.80. The summed E-state index contributed by atoms with van der Waals surface area (Å²) in [6.07, 6.45) is 0.320. The fraction of sp³-hybridized carbons (Fsp3) is 0.364. The molecule has 0 spiro atoms. The zero-order valence-corrected chi connectivity index (χ0v) is 25.1. The van der Waals surface area contributed by atoms with Crippen LogP contribution in [-0.4, -0.2) is 68.7 Å². The summed E-state index contributed by atoms with van der Waals surface area (Å²) in [6.45, 7) is 0.318. The molecule has 3 aromatic carbocycles. The molecule has 10 nitrogen and oxygen atoms in total. The second-order valence-electron chi connectivity index (χ2n) is 10.9. The van der Waals surface area contributed by atoms with Gasteiger partial charge in [0.25, 0.3) is 5.91 Å². The number of halogens is 2. The molecule has 3 aromatic rings. The Hall–Kier alpha value is -4.87. The van der Waals surface area contributed by atoms with E-state index in [1.54, 1.807) is 35.2 Å². The molecule has 238 valence electrons. The van der Waals surface area contributed by atoms with Crippen LogP contribution in [0.4, 0.5) is 8.78 Å². The highest BCUT2D eigenvalue weighted by Crippen LogP contribution is 2.30. The van der Waals surface area contributed by atoms with Crippen molar-refractivity contribution in [2.75, 3.05) is 33.9 Å². The van der Waals surface area contributed by atoms with Gasteiger partial charge in [0, 0.05) is 50.2 Å². The van der Waals surface area contributed by atoms with Gasteiger partial charge in [-0.15, -0.1) is 0 Å². The quantitative estimate of drug-likeness (QED) is 0.458. The average molecular weight is 624 g/mol. The molecule has 1 fully saturated rings. The van der Waals surface area contributed by atoms with Gasteiger partial charge in [-0.25, -0.2) is 8.78 Å². The number of piperidine rings is 1. The van der Waals surface area contributed by atoms with Crippen LogP contribution in [0.5, 0.6) is 23.0 Å². The highest BCUT2D eigenvalue weighted by Gasteiger charge is 2.34. The van der Waals surface area contributed by atoms with Gasteiger partial charge in [-0.1, -0.05) is 6.07 Å². The zero-order chi connectivity index (χ0) is 31.9. The Kier molecular flexibility index (Phi) is 10.0. The number of rotatable bonds is 4. The second kappa shape index (κ2) is 14.3. The molecule has 2 N–H and O–H groups in total. The van der Waals surface area contributed by atoms with E-state index in [2.05, 4.69) is 10.6 Å². The molecule has 3 amide bonds. The molecule has 1 saturated heterocycles. The Morgan fingerprint density at radius 2 is 1.73 bits per heavy atom. The lowest BCUT2D eigenvalue weighted by Crippen LogP contribution is -2.58. The number of amides is 3. The number of carbonyl (C=O) groups excluding carboxylic acids is 3. The number of nitrogens with one attached hydrogen (secondary N) is 2. The maximum absolute atomic E-state index is 13.7. The van der Waals surface area contributed by atoms with Crippen molar-refractivity contribution >= 4 is 17.7 Å². The number of nitrogens with zero attached hydrogens (tertiary/aromatic N) is 1. The Morgan fingerprint density at radius 3 is 2.49 bits per heavy atom. The van der Waals surface area contributed by atoms with Gasteiger partial charge in [-0.2, -0.15) is 0 Å². The van der Waals surface area contributed by atoms with E-state index < -0.39 is 29.7 Å². The Labute approximate surface area is 259 Å². The summed E-state index contributed by atoms with van der Waals surface area (Å²) in [4.78, 5) is 40.5. The molecule has 0 aromatic heterocycles. The largest absolute Gasteiger partial charge is 0.496 e. The number of likely N-dealkylation sites (tertiary alicyclic amines) is 1. The minimum atomic E-state index is -0.761. The van der Waals surface area contributed by atoms with Gasteiger partial charge in [0.1, 0.15) is 29.2 Å². The van der Waals surface area contributed by atoms with Crippen LogP contribution in [-0.2, 0) is 33.8 Å². The summed E-state index contributed by atoms with van der Waals surface area (Å²) in [6, 6.07) is 12.9. The molecule has 45 heavy (non-hydrogen) atoms. The zero-order valence-electron chi connectivity index (χ0n) is 25.1. The smallest absolute Gasteiger partial charge is 0.258 e. The first-order chi connectivity index (χ1) is 21.7. The number of carbonyl (C=O) groups is 3. The molecule has 3 aliphatic heterocycles. The molecule has 3 aliphatic rings. The first-order valence-corrected chi connectivity index (χ1v) is 14.6. The van der Waals surface area contributed by atoms with Crippen molar-refractivity contribution in [2.45, 2.75) is 44.4 Å². The average Bonchev–Trinajstić information content (AvgIpc) is 3.02. The second-order valence-corrected chi connectivity index (χ2v) is 10.9. The molecule has 0 radical (unpaired) electrons. The molecule has 0 unspecified atom stereocenters. The van der Waals surface area contributed by atoms with Crippen LogP contribution < -0.4 is 29.6 Å². The molecule has 2 atom stereocenters. The van der Waals surface area contributed by atoms with Crippen LogP contribution in [0.15, 0.2) is 54.6 Å². The van der Waals surface area contributed by atoms with Crippen LogP contribution in [0.3, 0.4) is 0 Å². The van der Waals surface area contributed by atoms with E-state index in [0.717, 1.165) is 29.3 Å². The van der Waals surface area contributed by atoms with Gasteiger partial charge in [0.15, 0.2) is 18.1 Å². The monoisotopic (exact) mass is 623 g/mol. The Morgan fingerprint density at radius 1 is 0.956 bits per heavy atom. The number of hydrogen-bond acceptors (Lipinski definition) is 7. The van der Waals surface area contributed by atoms with Crippen molar-refractivity contribution < 1.29 is 42.1 Å². The van der Waals surface area contributed by atoms with Gasteiger partial charge in [0.05, 0.1) is 26.7 Å². The lowest BCUT2D eigenvalue weighted by atomic mass is 10.0. The van der Waals surface area contributed by atoms with Gasteiger partial charge < -0.3 is 34.5 Å². The number of ether oxygens (including phenoxy) is 4. The lowest BCUT2D eigenvalue weighted by molar-refractivity contribution is -0.135. The van der Waals surface area contributed by atoms with Crippen molar-refractivity contribution in [3.8, 4) is 23.0 Å². The maximum atomic E-state index is 13.7. The SMILES string of the molecule is COc1cc2ccc1CNC(=O)CCc1ccc(OC)c(c1)OCC(=O)N[C@@H]1CN(C(=O)Cc3cc(F)cc(F)c3)CC[C@@H]1O2. The summed E-state index contributed by atoms with van der Waals surface area (Å²) in [5.41, 5.74) is 1.80. The Balaban J connectivity index is 1.39. The normalized spacial score (nSPS) is 19.0. The molecule has 12 heteroatoms. The minimum absolute atomic E-state index is 0.104. The number of aryl methyl sites for hydroxylation is 1. The van der Waals surface area contributed by atoms with Crippen LogP contribution in [0, 0.1) is 11.6 Å². The molecule has 3 heterocycles. The fourth-order valence-corrected chi connectivity index (χ4v) is 5.48. The molecule has 6 rings (SSSR count). The van der Waals surface area contributed by atoms with Crippen molar-refractivity contribution in [3.05, 3.63) is 82.9 Å². The van der Waals surface area contributed by atoms with Gasteiger partial charge in [-0.05, 0) is 53.9 Å². The molecular formula is C33H35F2N3O7. The summed E-state index contributed by atoms with van der Waals surface area (Å²) in [5.74, 6) is -0.668. The molecular weight excluding hydrogens is 588 g/mol. The van der Waals surface area contributed by atoms with E-state index in [9.17, 15) is 23.2 Å². The van der Waals surface area contributed by atoms with E-state index in [-0.39, 0.29) is 49.9 Å². The first-order valence-electron chi connectivity index (χ1n) is 14.6. The standard InChI is InChI=1S/C33H35F2N3O7/c1-42-28-7-3-20-4-8-31(39)36-17-22-5-6-25(16-29(22)43-2)45-27-9-10-38(18-26(27)37-32(40)19-44-30(28)13-20)33(41)14-21-11-23(34)15-24(35)12-21/h3,5-7,11-13,15-16,26-27H,4,8-10,14,17-19H2,1-2H3,(H,36,39)(H,37,40)/t26-,27+/m1/s1. The van der Waals surface area contributed by atoms with Crippen molar-refractivity contribution in [1.82, 2.24) is 15.5 Å². The van der Waals surface area contributed by atoms with Crippen LogP contribution >= 0.6 is 0 Å². The molecule has 0 aliphatic carbocycles. The van der Waals surface area contributed by atoms with E-state index in [1.165, 1.54) is 14.2 Å². The third kappa shape index (κ3) is 8.20. The third-order valence-corrected chi connectivity index (χ3v) is 7.78. The third-order valence-electron chi connectivity index (χ3n) is 7.78.